The number of nitrogens with one attached hydrogen (secondary N) is 1. The van der Waals surface area contributed by atoms with Crippen LogP contribution in [0, 0.1) is 0 Å². The standard InChI is InChI=1S/C24H20N4O2/c1-27-21-10-3-2-7-17(21)13-22(27)24(29)26-18-8-6-9-20(14-18)30-16-19-15-28-12-5-4-11-23(28)25-19/h2-15H,16H2,1H3,(H,26,29). The zero-order valence-corrected chi connectivity index (χ0v) is 16.4. The number of aryl methyl sites for hydroxylation is 1. The molecule has 0 saturated carbocycles. The van der Waals surface area contributed by atoms with Crippen molar-refractivity contribution >= 4 is 28.1 Å². The molecule has 5 rings (SSSR count). The topological polar surface area (TPSA) is 60.6 Å². The Bertz CT molecular complexity index is 1330. The van der Waals surface area contributed by atoms with Crippen LogP contribution in [0.5, 0.6) is 5.75 Å². The molecule has 2 aromatic carbocycles. The van der Waals surface area contributed by atoms with Crippen molar-refractivity contribution < 1.29 is 9.53 Å². The van der Waals surface area contributed by atoms with Gasteiger partial charge in [0.05, 0.1) is 5.69 Å². The van der Waals surface area contributed by atoms with Crippen LogP contribution >= 0.6 is 0 Å². The van der Waals surface area contributed by atoms with E-state index in [1.54, 1.807) is 0 Å². The predicted molar refractivity (Wildman–Crippen MR) is 117 cm³/mol. The summed E-state index contributed by atoms with van der Waals surface area (Å²) < 4.78 is 9.74. The first-order chi connectivity index (χ1) is 14.7. The minimum absolute atomic E-state index is 0.161. The van der Waals surface area contributed by atoms with E-state index in [9.17, 15) is 4.79 Å². The number of para-hydroxylation sites is 1. The zero-order chi connectivity index (χ0) is 20.5. The number of anilines is 1. The van der Waals surface area contributed by atoms with Crippen molar-refractivity contribution in [3.8, 4) is 5.75 Å². The number of amides is 1. The maximum Gasteiger partial charge on any atom is 0.272 e. The maximum absolute atomic E-state index is 12.8. The van der Waals surface area contributed by atoms with Gasteiger partial charge in [-0.05, 0) is 36.4 Å². The van der Waals surface area contributed by atoms with E-state index in [2.05, 4.69) is 10.3 Å². The Labute approximate surface area is 173 Å². The van der Waals surface area contributed by atoms with Gasteiger partial charge in [-0.3, -0.25) is 4.79 Å². The van der Waals surface area contributed by atoms with E-state index < -0.39 is 0 Å². The summed E-state index contributed by atoms with van der Waals surface area (Å²) in [6, 6.07) is 23.1. The van der Waals surface area contributed by atoms with Crippen LogP contribution in [0.2, 0.25) is 0 Å². The minimum Gasteiger partial charge on any atom is -0.487 e. The molecule has 148 valence electrons. The first kappa shape index (κ1) is 18.0. The lowest BCUT2D eigenvalue weighted by molar-refractivity contribution is 0.101. The molecule has 0 aliphatic rings. The van der Waals surface area contributed by atoms with Gasteiger partial charge in [-0.2, -0.15) is 0 Å². The molecule has 0 fully saturated rings. The molecule has 6 heteroatoms. The summed E-state index contributed by atoms with van der Waals surface area (Å²) >= 11 is 0. The van der Waals surface area contributed by atoms with Crippen LogP contribution in [-0.2, 0) is 13.7 Å². The lowest BCUT2D eigenvalue weighted by atomic mass is 10.2. The van der Waals surface area contributed by atoms with Crippen molar-refractivity contribution in [3.05, 3.63) is 96.6 Å². The van der Waals surface area contributed by atoms with Crippen LogP contribution in [0.4, 0.5) is 5.69 Å². The smallest absolute Gasteiger partial charge is 0.272 e. The van der Waals surface area contributed by atoms with Gasteiger partial charge in [0.25, 0.3) is 5.91 Å². The number of ether oxygens (including phenoxy) is 1. The van der Waals surface area contributed by atoms with Crippen LogP contribution in [-0.4, -0.2) is 19.9 Å². The summed E-state index contributed by atoms with van der Waals surface area (Å²) in [5.74, 6) is 0.507. The Morgan fingerprint density at radius 2 is 1.90 bits per heavy atom. The zero-order valence-electron chi connectivity index (χ0n) is 16.4. The van der Waals surface area contributed by atoms with Crippen molar-refractivity contribution in [1.29, 1.82) is 0 Å². The van der Waals surface area contributed by atoms with Gasteiger partial charge in [-0.1, -0.05) is 30.3 Å². The van der Waals surface area contributed by atoms with Crippen molar-refractivity contribution in [2.24, 2.45) is 7.05 Å². The molecule has 30 heavy (non-hydrogen) atoms. The first-order valence-corrected chi connectivity index (χ1v) is 9.69. The SMILES string of the molecule is Cn1c(C(=O)Nc2cccc(OCc3cn4ccccc4n3)c2)cc2ccccc21. The van der Waals surface area contributed by atoms with Crippen LogP contribution in [0.1, 0.15) is 16.2 Å². The number of benzene rings is 2. The molecule has 0 aliphatic carbocycles. The molecule has 0 aliphatic heterocycles. The molecular formula is C24H20N4O2. The molecule has 0 spiro atoms. The fourth-order valence-electron chi connectivity index (χ4n) is 3.58. The molecule has 1 amide bonds. The number of pyridine rings is 1. The van der Waals surface area contributed by atoms with E-state index >= 15 is 0 Å². The van der Waals surface area contributed by atoms with Gasteiger partial charge in [0.15, 0.2) is 0 Å². The Morgan fingerprint density at radius 3 is 2.77 bits per heavy atom. The monoisotopic (exact) mass is 396 g/mol. The highest BCUT2D eigenvalue weighted by atomic mass is 16.5. The Morgan fingerprint density at radius 1 is 1.03 bits per heavy atom. The van der Waals surface area contributed by atoms with E-state index in [0.717, 1.165) is 22.2 Å². The van der Waals surface area contributed by atoms with E-state index in [4.69, 9.17) is 4.74 Å². The summed E-state index contributed by atoms with van der Waals surface area (Å²) in [6.07, 6.45) is 3.90. The number of hydrogen-bond donors (Lipinski definition) is 1. The molecule has 0 saturated heterocycles. The average molecular weight is 396 g/mol. The molecule has 0 radical (unpaired) electrons. The van der Waals surface area contributed by atoms with Gasteiger partial charge in [-0.25, -0.2) is 4.98 Å². The van der Waals surface area contributed by atoms with Crippen molar-refractivity contribution in [3.63, 3.8) is 0 Å². The number of carbonyl (C=O) groups excluding carboxylic acids is 1. The number of hydrogen-bond acceptors (Lipinski definition) is 3. The molecule has 6 nitrogen and oxygen atoms in total. The van der Waals surface area contributed by atoms with Crippen LogP contribution < -0.4 is 10.1 Å². The third-order valence-corrected chi connectivity index (χ3v) is 5.08. The number of aromatic nitrogens is 3. The maximum atomic E-state index is 12.8. The molecule has 1 N–H and O–H groups in total. The number of rotatable bonds is 5. The average Bonchev–Trinajstić information content (AvgIpc) is 3.33. The highest BCUT2D eigenvalue weighted by Crippen LogP contribution is 2.22. The first-order valence-electron chi connectivity index (χ1n) is 9.69. The summed E-state index contributed by atoms with van der Waals surface area (Å²) in [7, 11) is 1.89. The normalized spacial score (nSPS) is 11.1. The molecule has 3 aromatic heterocycles. The van der Waals surface area contributed by atoms with Gasteiger partial charge >= 0.3 is 0 Å². The number of fused-ring (bicyclic) bond motifs is 2. The molecular weight excluding hydrogens is 376 g/mol. The highest BCUT2D eigenvalue weighted by molar-refractivity contribution is 6.06. The predicted octanol–water partition coefficient (Wildman–Crippen LogP) is 4.66. The third kappa shape index (κ3) is 3.39. The molecule has 3 heterocycles. The summed E-state index contributed by atoms with van der Waals surface area (Å²) in [5, 5.41) is 4.00. The quantitative estimate of drug-likeness (QED) is 0.470. The summed E-state index contributed by atoms with van der Waals surface area (Å²) in [5.41, 5.74) is 4.02. The van der Waals surface area contributed by atoms with E-state index in [1.807, 2.05) is 101 Å². The number of carbonyl (C=O) groups is 1. The summed E-state index contributed by atoms with van der Waals surface area (Å²) in [4.78, 5) is 17.3. The van der Waals surface area contributed by atoms with E-state index in [-0.39, 0.29) is 5.91 Å². The number of nitrogens with zero attached hydrogens (tertiary/aromatic N) is 3. The molecule has 0 bridgehead atoms. The molecule has 0 unspecified atom stereocenters. The molecule has 5 aromatic rings. The van der Waals surface area contributed by atoms with Gasteiger partial charge in [-0.15, -0.1) is 0 Å². The minimum atomic E-state index is -0.161. The Balaban J connectivity index is 1.30. The fraction of sp³-hybridized carbons (Fsp3) is 0.0833. The van der Waals surface area contributed by atoms with Crippen LogP contribution in [0.15, 0.2) is 85.2 Å². The number of imidazole rings is 1. The Hall–Kier alpha value is -4.06. The highest BCUT2D eigenvalue weighted by Gasteiger charge is 2.13. The Kier molecular flexibility index (Phi) is 4.44. The van der Waals surface area contributed by atoms with Crippen molar-refractivity contribution in [2.45, 2.75) is 6.61 Å². The van der Waals surface area contributed by atoms with Crippen molar-refractivity contribution in [2.75, 3.05) is 5.32 Å². The summed E-state index contributed by atoms with van der Waals surface area (Å²) in [6.45, 7) is 0.349. The van der Waals surface area contributed by atoms with Gasteiger partial charge in [0.2, 0.25) is 0 Å². The van der Waals surface area contributed by atoms with Crippen LogP contribution in [0.3, 0.4) is 0 Å². The lowest BCUT2D eigenvalue weighted by Gasteiger charge is -2.09. The van der Waals surface area contributed by atoms with Crippen LogP contribution in [0.25, 0.3) is 16.6 Å². The van der Waals surface area contributed by atoms with E-state index in [0.29, 0.717) is 23.7 Å². The second kappa shape index (κ2) is 7.40. The second-order valence-corrected chi connectivity index (χ2v) is 7.12. The van der Waals surface area contributed by atoms with E-state index in [1.165, 1.54) is 0 Å². The molecule has 0 atom stereocenters. The van der Waals surface area contributed by atoms with Gasteiger partial charge in [0, 0.05) is 42.1 Å². The lowest BCUT2D eigenvalue weighted by Crippen LogP contribution is -2.15. The largest absolute Gasteiger partial charge is 0.487 e. The second-order valence-electron chi connectivity index (χ2n) is 7.12. The van der Waals surface area contributed by atoms with Gasteiger partial charge < -0.3 is 19.0 Å². The third-order valence-electron chi connectivity index (χ3n) is 5.08. The van der Waals surface area contributed by atoms with Crippen molar-refractivity contribution in [1.82, 2.24) is 14.0 Å². The fourth-order valence-corrected chi connectivity index (χ4v) is 3.58. The van der Waals surface area contributed by atoms with Gasteiger partial charge in [0.1, 0.15) is 23.7 Å².